The Hall–Kier alpha value is -1.60. The summed E-state index contributed by atoms with van der Waals surface area (Å²) in [6, 6.07) is 2.99. The SMILES string of the molecule is COC(C)c1nsc(NCCc2ncccc2F)n1. The van der Waals surface area contributed by atoms with E-state index in [0.29, 0.717) is 29.6 Å². The number of nitrogens with one attached hydrogen (secondary N) is 1. The molecule has 2 rings (SSSR count). The van der Waals surface area contributed by atoms with Gasteiger partial charge in [0.15, 0.2) is 5.82 Å². The van der Waals surface area contributed by atoms with Crippen LogP contribution in [0.2, 0.25) is 0 Å². The Kier molecular flexibility index (Phi) is 4.75. The Bertz CT molecular complexity index is 534. The van der Waals surface area contributed by atoms with Crippen molar-refractivity contribution in [2.24, 2.45) is 0 Å². The summed E-state index contributed by atoms with van der Waals surface area (Å²) in [7, 11) is 1.61. The van der Waals surface area contributed by atoms with Crippen molar-refractivity contribution in [1.82, 2.24) is 14.3 Å². The Labute approximate surface area is 115 Å². The lowest BCUT2D eigenvalue weighted by Gasteiger charge is -2.04. The minimum Gasteiger partial charge on any atom is -0.374 e. The highest BCUT2D eigenvalue weighted by Gasteiger charge is 2.11. The van der Waals surface area contributed by atoms with Crippen molar-refractivity contribution in [2.75, 3.05) is 19.0 Å². The van der Waals surface area contributed by atoms with Gasteiger partial charge in [0.05, 0.1) is 5.69 Å². The number of pyridine rings is 1. The van der Waals surface area contributed by atoms with Crippen LogP contribution in [0.4, 0.5) is 9.52 Å². The fourth-order valence-electron chi connectivity index (χ4n) is 1.47. The Morgan fingerprint density at radius 1 is 1.53 bits per heavy atom. The molecule has 0 spiro atoms. The number of halogens is 1. The lowest BCUT2D eigenvalue weighted by molar-refractivity contribution is 0.113. The summed E-state index contributed by atoms with van der Waals surface area (Å²) in [6.45, 7) is 2.44. The molecule has 5 nitrogen and oxygen atoms in total. The molecule has 0 saturated carbocycles. The smallest absolute Gasteiger partial charge is 0.202 e. The molecule has 0 amide bonds. The predicted molar refractivity (Wildman–Crippen MR) is 71.7 cm³/mol. The van der Waals surface area contributed by atoms with Gasteiger partial charge in [-0.2, -0.15) is 4.37 Å². The van der Waals surface area contributed by atoms with Gasteiger partial charge in [0.1, 0.15) is 11.9 Å². The average Bonchev–Trinajstić information content (AvgIpc) is 2.89. The summed E-state index contributed by atoms with van der Waals surface area (Å²) in [5.41, 5.74) is 0.449. The second-order valence-corrected chi connectivity index (χ2v) is 4.70. The van der Waals surface area contributed by atoms with Crippen molar-refractivity contribution in [3.8, 4) is 0 Å². The first-order valence-corrected chi connectivity index (χ1v) is 6.67. The topological polar surface area (TPSA) is 59.9 Å². The first-order valence-electron chi connectivity index (χ1n) is 5.90. The molecule has 1 unspecified atom stereocenters. The molecular formula is C12H15FN4OS. The van der Waals surface area contributed by atoms with Crippen LogP contribution in [0, 0.1) is 5.82 Å². The molecule has 0 aliphatic carbocycles. The Morgan fingerprint density at radius 3 is 3.11 bits per heavy atom. The Morgan fingerprint density at radius 2 is 2.37 bits per heavy atom. The van der Waals surface area contributed by atoms with Crippen LogP contribution in [0.5, 0.6) is 0 Å². The molecule has 0 aliphatic heterocycles. The normalized spacial score (nSPS) is 12.4. The molecular weight excluding hydrogens is 267 g/mol. The maximum atomic E-state index is 13.3. The third-order valence-corrected chi connectivity index (χ3v) is 3.32. The number of hydrogen-bond acceptors (Lipinski definition) is 6. The zero-order valence-electron chi connectivity index (χ0n) is 10.8. The maximum Gasteiger partial charge on any atom is 0.202 e. The fraction of sp³-hybridized carbons (Fsp3) is 0.417. The molecule has 7 heteroatoms. The number of nitrogens with zero attached hydrogens (tertiary/aromatic N) is 3. The second-order valence-electron chi connectivity index (χ2n) is 3.94. The molecule has 102 valence electrons. The van der Waals surface area contributed by atoms with E-state index in [-0.39, 0.29) is 11.9 Å². The summed E-state index contributed by atoms with van der Waals surface area (Å²) in [4.78, 5) is 8.28. The molecule has 1 atom stereocenters. The molecule has 1 N–H and O–H groups in total. The van der Waals surface area contributed by atoms with Gasteiger partial charge >= 0.3 is 0 Å². The largest absolute Gasteiger partial charge is 0.374 e. The van der Waals surface area contributed by atoms with E-state index in [9.17, 15) is 4.39 Å². The van der Waals surface area contributed by atoms with Crippen molar-refractivity contribution in [3.63, 3.8) is 0 Å². The van der Waals surface area contributed by atoms with Crippen molar-refractivity contribution < 1.29 is 9.13 Å². The van der Waals surface area contributed by atoms with Crippen molar-refractivity contribution in [3.05, 3.63) is 35.7 Å². The molecule has 0 bridgehead atoms. The third-order valence-electron chi connectivity index (χ3n) is 2.63. The molecule has 0 fully saturated rings. The van der Waals surface area contributed by atoms with E-state index < -0.39 is 0 Å². The van der Waals surface area contributed by atoms with Crippen molar-refractivity contribution in [2.45, 2.75) is 19.4 Å². The van der Waals surface area contributed by atoms with Gasteiger partial charge in [0.2, 0.25) is 5.13 Å². The van der Waals surface area contributed by atoms with E-state index in [0.717, 1.165) is 0 Å². The van der Waals surface area contributed by atoms with Gasteiger partial charge in [-0.3, -0.25) is 4.98 Å². The molecule has 0 saturated heterocycles. The molecule has 0 aliphatic rings. The number of aromatic nitrogens is 3. The van der Waals surface area contributed by atoms with Gasteiger partial charge in [-0.05, 0) is 19.1 Å². The van der Waals surface area contributed by atoms with Gasteiger partial charge in [-0.15, -0.1) is 0 Å². The lowest BCUT2D eigenvalue weighted by atomic mass is 10.2. The van der Waals surface area contributed by atoms with Crippen molar-refractivity contribution >= 4 is 16.7 Å². The first-order chi connectivity index (χ1) is 9.20. The van der Waals surface area contributed by atoms with Gasteiger partial charge in [-0.1, -0.05) is 0 Å². The summed E-state index contributed by atoms with van der Waals surface area (Å²) in [5, 5.41) is 3.81. The van der Waals surface area contributed by atoms with Crippen LogP contribution in [0.1, 0.15) is 24.5 Å². The predicted octanol–water partition coefficient (Wildman–Crippen LogP) is 2.43. The van der Waals surface area contributed by atoms with Crippen LogP contribution in [0.3, 0.4) is 0 Å². The van der Waals surface area contributed by atoms with Crippen LogP contribution in [-0.4, -0.2) is 28.0 Å². The van der Waals surface area contributed by atoms with Gasteiger partial charge in [0, 0.05) is 37.8 Å². The fourth-order valence-corrected chi connectivity index (χ4v) is 2.14. The third kappa shape index (κ3) is 3.68. The van der Waals surface area contributed by atoms with Gasteiger partial charge in [0.25, 0.3) is 0 Å². The number of hydrogen-bond donors (Lipinski definition) is 1. The number of anilines is 1. The molecule has 19 heavy (non-hydrogen) atoms. The van der Waals surface area contributed by atoms with E-state index in [4.69, 9.17) is 4.74 Å². The average molecular weight is 282 g/mol. The minimum atomic E-state index is -0.282. The summed E-state index contributed by atoms with van der Waals surface area (Å²) in [6.07, 6.45) is 1.96. The van der Waals surface area contributed by atoms with Crippen LogP contribution in [0.15, 0.2) is 18.3 Å². The monoisotopic (exact) mass is 282 g/mol. The van der Waals surface area contributed by atoms with E-state index in [1.54, 1.807) is 19.4 Å². The summed E-state index contributed by atoms with van der Waals surface area (Å²) < 4.78 is 22.7. The van der Waals surface area contributed by atoms with Crippen LogP contribution in [0.25, 0.3) is 0 Å². The van der Waals surface area contributed by atoms with Crippen LogP contribution in [-0.2, 0) is 11.2 Å². The summed E-state index contributed by atoms with van der Waals surface area (Å²) in [5.74, 6) is 0.370. The highest BCUT2D eigenvalue weighted by molar-refractivity contribution is 7.09. The Balaban J connectivity index is 1.86. The minimum absolute atomic E-state index is 0.125. The molecule has 0 radical (unpaired) electrons. The van der Waals surface area contributed by atoms with Crippen molar-refractivity contribution in [1.29, 1.82) is 0 Å². The van der Waals surface area contributed by atoms with E-state index in [2.05, 4.69) is 19.7 Å². The zero-order valence-corrected chi connectivity index (χ0v) is 11.6. The highest BCUT2D eigenvalue weighted by Crippen LogP contribution is 2.18. The number of methoxy groups -OCH3 is 1. The van der Waals surface area contributed by atoms with Crippen LogP contribution < -0.4 is 5.32 Å². The van der Waals surface area contributed by atoms with Gasteiger partial charge in [-0.25, -0.2) is 9.37 Å². The first kappa shape index (κ1) is 13.8. The molecule has 2 aromatic heterocycles. The number of rotatable bonds is 6. The second kappa shape index (κ2) is 6.53. The maximum absolute atomic E-state index is 13.3. The quantitative estimate of drug-likeness (QED) is 0.881. The standard InChI is InChI=1S/C12H15FN4OS/c1-8(18-2)11-16-12(19-17-11)15-7-5-10-9(13)4-3-6-14-10/h3-4,6,8H,5,7H2,1-2H3,(H,15,16,17). The van der Waals surface area contributed by atoms with E-state index in [1.807, 2.05) is 6.92 Å². The number of ether oxygens (including phenoxy) is 1. The summed E-state index contributed by atoms with van der Waals surface area (Å²) >= 11 is 1.27. The van der Waals surface area contributed by atoms with E-state index in [1.165, 1.54) is 17.6 Å². The lowest BCUT2D eigenvalue weighted by Crippen LogP contribution is -2.07. The molecule has 0 aromatic carbocycles. The highest BCUT2D eigenvalue weighted by atomic mass is 32.1. The molecule has 2 aromatic rings. The van der Waals surface area contributed by atoms with E-state index >= 15 is 0 Å². The molecule has 2 heterocycles. The zero-order chi connectivity index (χ0) is 13.7. The van der Waals surface area contributed by atoms with Gasteiger partial charge < -0.3 is 10.1 Å². The van der Waals surface area contributed by atoms with Crippen LogP contribution >= 0.6 is 11.5 Å².